The maximum absolute atomic E-state index is 12.4. The van der Waals surface area contributed by atoms with Crippen molar-refractivity contribution in [2.45, 2.75) is 13.0 Å². The average molecular weight is 411 g/mol. The second-order valence-electron chi connectivity index (χ2n) is 6.11. The minimum Gasteiger partial charge on any atom is -0.457 e. The molecule has 0 aliphatic heterocycles. The van der Waals surface area contributed by atoms with Gasteiger partial charge >= 0.3 is 0 Å². The van der Waals surface area contributed by atoms with E-state index in [4.69, 9.17) is 27.6 Å². The largest absolute Gasteiger partial charge is 0.457 e. The molecule has 3 rings (SSSR count). The van der Waals surface area contributed by atoms with Crippen molar-refractivity contribution in [3.8, 4) is 17.4 Å². The van der Waals surface area contributed by atoms with Gasteiger partial charge in [0.2, 0.25) is 0 Å². The molecule has 0 aliphatic carbocycles. The Bertz CT molecular complexity index is 1070. The van der Waals surface area contributed by atoms with E-state index in [9.17, 15) is 10.1 Å². The van der Waals surface area contributed by atoms with E-state index in [0.717, 1.165) is 11.1 Å². The van der Waals surface area contributed by atoms with E-state index in [-0.39, 0.29) is 11.6 Å². The van der Waals surface area contributed by atoms with Gasteiger partial charge in [-0.15, -0.1) is 0 Å². The summed E-state index contributed by atoms with van der Waals surface area (Å²) in [5, 5.41) is 13.1. The number of hydrogen-bond acceptors (Lipinski definition) is 3. The summed E-state index contributed by atoms with van der Waals surface area (Å²) in [6, 6.07) is 19.8. The number of nitrogens with zero attached hydrogens (tertiary/aromatic N) is 1. The number of nitrogens with one attached hydrogen (secondary N) is 1. The molecule has 1 N–H and O–H groups in total. The van der Waals surface area contributed by atoms with E-state index in [1.54, 1.807) is 30.3 Å². The molecule has 1 unspecified atom stereocenters. The fraction of sp³-hybridized carbons (Fsp3) is 0.0909. The molecule has 28 heavy (non-hydrogen) atoms. The minimum atomic E-state index is -0.466. The maximum Gasteiger partial charge on any atom is 0.262 e. The SMILES string of the molecule is CC(NC(=O)C(C#N)=Cc1ccc(-c2ccc(Cl)c(Cl)c2)o1)c1ccccc1. The van der Waals surface area contributed by atoms with Crippen LogP contribution < -0.4 is 5.32 Å². The van der Waals surface area contributed by atoms with Crippen molar-refractivity contribution >= 4 is 35.2 Å². The van der Waals surface area contributed by atoms with Crippen LogP contribution in [-0.4, -0.2) is 5.91 Å². The summed E-state index contributed by atoms with van der Waals surface area (Å²) in [6.45, 7) is 1.86. The van der Waals surface area contributed by atoms with Crippen LogP contribution in [0.2, 0.25) is 10.0 Å². The molecule has 4 nitrogen and oxygen atoms in total. The highest BCUT2D eigenvalue weighted by atomic mass is 35.5. The first-order valence-corrected chi connectivity index (χ1v) is 9.26. The molecule has 140 valence electrons. The van der Waals surface area contributed by atoms with Crippen molar-refractivity contribution in [3.63, 3.8) is 0 Å². The van der Waals surface area contributed by atoms with Crippen molar-refractivity contribution in [1.29, 1.82) is 5.26 Å². The monoisotopic (exact) mass is 410 g/mol. The number of nitriles is 1. The topological polar surface area (TPSA) is 66.0 Å². The van der Waals surface area contributed by atoms with Crippen LogP contribution in [0.3, 0.4) is 0 Å². The van der Waals surface area contributed by atoms with Crippen LogP contribution in [0.5, 0.6) is 0 Å². The fourth-order valence-electron chi connectivity index (χ4n) is 2.63. The summed E-state index contributed by atoms with van der Waals surface area (Å²) < 4.78 is 5.73. The standard InChI is InChI=1S/C22H16Cl2N2O2/c1-14(15-5-3-2-4-6-15)26-22(27)17(13-25)11-18-8-10-21(28-18)16-7-9-19(23)20(24)12-16/h2-12,14H,1H3,(H,26,27). The zero-order valence-corrected chi connectivity index (χ0v) is 16.5. The van der Waals surface area contributed by atoms with Crippen molar-refractivity contribution < 1.29 is 9.21 Å². The highest BCUT2D eigenvalue weighted by molar-refractivity contribution is 6.42. The maximum atomic E-state index is 12.4. The van der Waals surface area contributed by atoms with Crippen molar-refractivity contribution in [2.75, 3.05) is 0 Å². The van der Waals surface area contributed by atoms with Crippen molar-refractivity contribution in [3.05, 3.63) is 87.6 Å². The molecule has 1 aromatic heterocycles. The molecule has 1 amide bonds. The highest BCUT2D eigenvalue weighted by Crippen LogP contribution is 2.30. The molecule has 0 saturated heterocycles. The van der Waals surface area contributed by atoms with Gasteiger partial charge in [-0.1, -0.05) is 53.5 Å². The second-order valence-corrected chi connectivity index (χ2v) is 6.92. The summed E-state index contributed by atoms with van der Waals surface area (Å²) in [5.41, 5.74) is 1.65. The Morgan fingerprint density at radius 3 is 2.54 bits per heavy atom. The third-order valence-electron chi connectivity index (χ3n) is 4.13. The molecule has 0 fully saturated rings. The normalized spacial score (nSPS) is 12.3. The van der Waals surface area contributed by atoms with Crippen LogP contribution in [0.15, 0.2) is 70.7 Å². The molecule has 0 radical (unpaired) electrons. The fourth-order valence-corrected chi connectivity index (χ4v) is 2.92. The number of amides is 1. The first-order chi connectivity index (χ1) is 13.5. The lowest BCUT2D eigenvalue weighted by Crippen LogP contribution is -2.27. The Hall–Kier alpha value is -3.00. The van der Waals surface area contributed by atoms with E-state index in [1.165, 1.54) is 6.08 Å². The van der Waals surface area contributed by atoms with Crippen LogP contribution in [0.4, 0.5) is 0 Å². The van der Waals surface area contributed by atoms with E-state index in [1.807, 2.05) is 43.3 Å². The molecular weight excluding hydrogens is 395 g/mol. The average Bonchev–Trinajstić information content (AvgIpc) is 3.17. The molecule has 6 heteroatoms. The van der Waals surface area contributed by atoms with Gasteiger partial charge in [-0.05, 0) is 42.8 Å². The number of carbonyl (C=O) groups is 1. The van der Waals surface area contributed by atoms with Gasteiger partial charge in [-0.3, -0.25) is 4.79 Å². The Balaban J connectivity index is 1.77. The summed E-state index contributed by atoms with van der Waals surface area (Å²) in [4.78, 5) is 12.4. The number of carbonyl (C=O) groups excluding carboxylic acids is 1. The summed E-state index contributed by atoms with van der Waals surface area (Å²) in [5.74, 6) is 0.478. The van der Waals surface area contributed by atoms with Gasteiger partial charge in [-0.2, -0.15) is 5.26 Å². The predicted octanol–water partition coefficient (Wildman–Crippen LogP) is 6.04. The molecule has 0 aliphatic rings. The number of hydrogen-bond donors (Lipinski definition) is 1. The van der Waals surface area contributed by atoms with Gasteiger partial charge in [0, 0.05) is 11.6 Å². The molecular formula is C22H16Cl2N2O2. The van der Waals surface area contributed by atoms with Gasteiger partial charge in [0.25, 0.3) is 5.91 Å². The smallest absolute Gasteiger partial charge is 0.262 e. The van der Waals surface area contributed by atoms with E-state index in [2.05, 4.69) is 5.32 Å². The first kappa shape index (κ1) is 19.8. The first-order valence-electron chi connectivity index (χ1n) is 8.51. The molecule has 3 aromatic rings. The van der Waals surface area contributed by atoms with Crippen LogP contribution in [0, 0.1) is 11.3 Å². The van der Waals surface area contributed by atoms with Crippen LogP contribution >= 0.6 is 23.2 Å². The molecule has 1 heterocycles. The zero-order valence-electron chi connectivity index (χ0n) is 14.9. The van der Waals surface area contributed by atoms with E-state index in [0.29, 0.717) is 21.6 Å². The summed E-state index contributed by atoms with van der Waals surface area (Å²) in [7, 11) is 0. The summed E-state index contributed by atoms with van der Waals surface area (Å²) in [6.07, 6.45) is 1.41. The predicted molar refractivity (Wildman–Crippen MR) is 111 cm³/mol. The van der Waals surface area contributed by atoms with Crippen LogP contribution in [-0.2, 0) is 4.79 Å². The highest BCUT2D eigenvalue weighted by Gasteiger charge is 2.15. The lowest BCUT2D eigenvalue weighted by Gasteiger charge is -2.13. The van der Waals surface area contributed by atoms with Crippen molar-refractivity contribution in [1.82, 2.24) is 5.32 Å². The molecule has 0 saturated carbocycles. The second kappa shape index (κ2) is 8.79. The van der Waals surface area contributed by atoms with Crippen LogP contribution in [0.25, 0.3) is 17.4 Å². The van der Waals surface area contributed by atoms with E-state index >= 15 is 0 Å². The van der Waals surface area contributed by atoms with Crippen LogP contribution in [0.1, 0.15) is 24.3 Å². The Kier molecular flexibility index (Phi) is 6.20. The zero-order chi connectivity index (χ0) is 20.1. The van der Waals surface area contributed by atoms with Gasteiger partial charge < -0.3 is 9.73 Å². The van der Waals surface area contributed by atoms with Gasteiger partial charge in [0.05, 0.1) is 16.1 Å². The number of furan rings is 1. The molecule has 1 atom stereocenters. The Morgan fingerprint density at radius 1 is 1.11 bits per heavy atom. The third kappa shape index (κ3) is 4.64. The molecule has 0 spiro atoms. The summed E-state index contributed by atoms with van der Waals surface area (Å²) >= 11 is 12.0. The number of rotatable bonds is 5. The Labute approximate surface area is 173 Å². The van der Waals surface area contributed by atoms with Gasteiger partial charge in [-0.25, -0.2) is 0 Å². The van der Waals surface area contributed by atoms with Gasteiger partial charge in [0.15, 0.2) is 0 Å². The minimum absolute atomic E-state index is 0.0437. The Morgan fingerprint density at radius 2 is 1.86 bits per heavy atom. The van der Waals surface area contributed by atoms with E-state index < -0.39 is 5.91 Å². The third-order valence-corrected chi connectivity index (χ3v) is 4.87. The molecule has 2 aromatic carbocycles. The molecule has 0 bridgehead atoms. The number of benzene rings is 2. The van der Waals surface area contributed by atoms with Crippen molar-refractivity contribution in [2.24, 2.45) is 0 Å². The lowest BCUT2D eigenvalue weighted by molar-refractivity contribution is -0.117. The quantitative estimate of drug-likeness (QED) is 0.411. The number of halogens is 2. The lowest BCUT2D eigenvalue weighted by atomic mass is 10.1. The van der Waals surface area contributed by atoms with Gasteiger partial charge in [0.1, 0.15) is 23.2 Å².